The molecule has 0 radical (unpaired) electrons. The van der Waals surface area contributed by atoms with Gasteiger partial charge in [-0.05, 0) is 29.3 Å². The minimum atomic E-state index is -0.600. The van der Waals surface area contributed by atoms with Crippen LogP contribution in [0.2, 0.25) is 0 Å². The highest BCUT2D eigenvalue weighted by molar-refractivity contribution is 6.68. The number of ether oxygens (including phenoxy) is 2. The molecule has 0 aliphatic rings. The van der Waals surface area contributed by atoms with E-state index in [9.17, 15) is 4.79 Å². The molecular weight excluding hydrogens is 288 g/mol. The van der Waals surface area contributed by atoms with Crippen molar-refractivity contribution in [3.05, 3.63) is 59.7 Å². The van der Waals surface area contributed by atoms with Gasteiger partial charge in [-0.15, -0.1) is 6.42 Å². The number of halogens is 1. The normalized spacial score (nSPS) is 9.71. The number of carbonyl (C=O) groups is 1. The molecule has 2 aromatic rings. The summed E-state index contributed by atoms with van der Waals surface area (Å²) in [4.78, 5) is 11.3. The zero-order valence-corrected chi connectivity index (χ0v) is 12.0. The first-order chi connectivity index (χ1) is 10.2. The van der Waals surface area contributed by atoms with E-state index in [1.165, 1.54) is 0 Å². The second-order valence-electron chi connectivity index (χ2n) is 4.20. The lowest BCUT2D eigenvalue weighted by Gasteiger charge is -2.11. The van der Waals surface area contributed by atoms with Crippen molar-refractivity contribution in [2.24, 2.45) is 0 Å². The van der Waals surface area contributed by atoms with E-state index in [2.05, 4.69) is 5.92 Å². The van der Waals surface area contributed by atoms with Crippen LogP contribution in [0.25, 0.3) is 0 Å². The highest BCUT2D eigenvalue weighted by Gasteiger charge is 2.11. The Morgan fingerprint density at radius 3 is 2.57 bits per heavy atom. The zero-order valence-electron chi connectivity index (χ0n) is 11.2. The fourth-order valence-corrected chi connectivity index (χ4v) is 1.89. The number of carbonyl (C=O) groups excluding carboxylic acids is 1. The van der Waals surface area contributed by atoms with Crippen LogP contribution in [0.4, 0.5) is 0 Å². The molecule has 106 valence electrons. The fourth-order valence-electron chi connectivity index (χ4n) is 1.73. The van der Waals surface area contributed by atoms with Gasteiger partial charge >= 0.3 is 0 Å². The van der Waals surface area contributed by atoms with E-state index in [1.54, 1.807) is 18.2 Å². The van der Waals surface area contributed by atoms with E-state index in [0.29, 0.717) is 18.1 Å². The average molecular weight is 301 g/mol. The SMILES string of the molecule is C#CCOc1cc(OCc2ccccc2)ccc1C(=O)Cl. The van der Waals surface area contributed by atoms with Crippen LogP contribution in [0.3, 0.4) is 0 Å². The third kappa shape index (κ3) is 4.27. The molecule has 0 saturated heterocycles. The predicted octanol–water partition coefficient (Wildman–Crippen LogP) is 3.66. The summed E-state index contributed by atoms with van der Waals surface area (Å²) in [5.74, 6) is 3.24. The molecule has 0 heterocycles. The molecule has 2 rings (SSSR count). The number of terminal acetylenes is 1. The van der Waals surface area contributed by atoms with Crippen molar-refractivity contribution < 1.29 is 14.3 Å². The Hall–Kier alpha value is -2.44. The van der Waals surface area contributed by atoms with Crippen molar-refractivity contribution >= 4 is 16.8 Å². The lowest BCUT2D eigenvalue weighted by Crippen LogP contribution is -2.02. The summed E-state index contributed by atoms with van der Waals surface area (Å²) in [6.45, 7) is 0.475. The van der Waals surface area contributed by atoms with Gasteiger partial charge in [0, 0.05) is 6.07 Å². The molecule has 0 amide bonds. The van der Waals surface area contributed by atoms with Crippen LogP contribution < -0.4 is 9.47 Å². The van der Waals surface area contributed by atoms with Gasteiger partial charge in [0.1, 0.15) is 24.7 Å². The van der Waals surface area contributed by atoms with E-state index in [-0.39, 0.29) is 12.2 Å². The van der Waals surface area contributed by atoms with E-state index in [4.69, 9.17) is 27.5 Å². The van der Waals surface area contributed by atoms with Crippen LogP contribution in [-0.2, 0) is 6.61 Å². The van der Waals surface area contributed by atoms with E-state index < -0.39 is 5.24 Å². The molecule has 0 atom stereocenters. The third-order valence-corrected chi connectivity index (χ3v) is 2.93. The zero-order chi connectivity index (χ0) is 15.1. The van der Waals surface area contributed by atoms with Crippen LogP contribution >= 0.6 is 11.6 Å². The lowest BCUT2D eigenvalue weighted by atomic mass is 10.2. The second-order valence-corrected chi connectivity index (χ2v) is 4.54. The van der Waals surface area contributed by atoms with Crippen LogP contribution in [0.15, 0.2) is 48.5 Å². The lowest BCUT2D eigenvalue weighted by molar-refractivity contribution is 0.107. The smallest absolute Gasteiger partial charge is 0.256 e. The topological polar surface area (TPSA) is 35.5 Å². The Morgan fingerprint density at radius 1 is 1.14 bits per heavy atom. The third-order valence-electron chi connectivity index (χ3n) is 2.72. The number of benzene rings is 2. The number of rotatable bonds is 6. The summed E-state index contributed by atoms with van der Waals surface area (Å²) in [6.07, 6.45) is 5.15. The number of hydrogen-bond acceptors (Lipinski definition) is 3. The van der Waals surface area contributed by atoms with E-state index in [0.717, 1.165) is 5.56 Å². The van der Waals surface area contributed by atoms with Gasteiger partial charge < -0.3 is 9.47 Å². The maximum Gasteiger partial charge on any atom is 0.256 e. The van der Waals surface area contributed by atoms with Gasteiger partial charge in [0.05, 0.1) is 5.56 Å². The van der Waals surface area contributed by atoms with Crippen LogP contribution in [0.5, 0.6) is 11.5 Å². The van der Waals surface area contributed by atoms with Gasteiger partial charge in [0.15, 0.2) is 0 Å². The van der Waals surface area contributed by atoms with Crippen molar-refractivity contribution in [3.8, 4) is 23.8 Å². The highest BCUT2D eigenvalue weighted by atomic mass is 35.5. The van der Waals surface area contributed by atoms with Crippen molar-refractivity contribution in [3.63, 3.8) is 0 Å². The quantitative estimate of drug-likeness (QED) is 0.603. The van der Waals surface area contributed by atoms with Gasteiger partial charge in [-0.3, -0.25) is 4.79 Å². The summed E-state index contributed by atoms with van der Waals surface area (Å²) >= 11 is 5.50. The molecule has 0 saturated carbocycles. The van der Waals surface area contributed by atoms with Crippen molar-refractivity contribution in [1.29, 1.82) is 0 Å². The molecule has 0 aliphatic carbocycles. The van der Waals surface area contributed by atoms with Gasteiger partial charge in [0.25, 0.3) is 5.24 Å². The van der Waals surface area contributed by atoms with E-state index >= 15 is 0 Å². The molecule has 0 aromatic heterocycles. The molecule has 2 aromatic carbocycles. The minimum absolute atomic E-state index is 0.0549. The molecule has 0 aliphatic heterocycles. The monoisotopic (exact) mass is 300 g/mol. The maximum atomic E-state index is 11.3. The minimum Gasteiger partial charge on any atom is -0.489 e. The predicted molar refractivity (Wildman–Crippen MR) is 81.7 cm³/mol. The number of hydrogen-bond donors (Lipinski definition) is 0. The second kappa shape index (κ2) is 7.37. The van der Waals surface area contributed by atoms with Crippen molar-refractivity contribution in [2.75, 3.05) is 6.61 Å². The van der Waals surface area contributed by atoms with Crippen molar-refractivity contribution in [2.45, 2.75) is 6.61 Å². The Kier molecular flexibility index (Phi) is 5.25. The molecule has 4 heteroatoms. The molecular formula is C17H13ClO3. The van der Waals surface area contributed by atoms with Gasteiger partial charge in [-0.2, -0.15) is 0 Å². The van der Waals surface area contributed by atoms with Gasteiger partial charge in [0.2, 0.25) is 0 Å². The van der Waals surface area contributed by atoms with Crippen molar-refractivity contribution in [1.82, 2.24) is 0 Å². The summed E-state index contributed by atoms with van der Waals surface area (Å²) in [7, 11) is 0. The molecule has 3 nitrogen and oxygen atoms in total. The summed E-state index contributed by atoms with van der Waals surface area (Å²) < 4.78 is 11.0. The summed E-state index contributed by atoms with van der Waals surface area (Å²) in [6, 6.07) is 14.6. The van der Waals surface area contributed by atoms with Crippen LogP contribution in [-0.4, -0.2) is 11.8 Å². The van der Waals surface area contributed by atoms with Gasteiger partial charge in [-0.25, -0.2) is 0 Å². The largest absolute Gasteiger partial charge is 0.489 e. The van der Waals surface area contributed by atoms with Crippen LogP contribution in [0.1, 0.15) is 15.9 Å². The standard InChI is InChI=1S/C17H13ClO3/c1-2-10-20-16-11-14(8-9-15(16)17(18)19)21-12-13-6-4-3-5-7-13/h1,3-9,11H,10,12H2. The molecule has 0 spiro atoms. The first-order valence-electron chi connectivity index (χ1n) is 6.27. The Bertz CT molecular complexity index is 659. The average Bonchev–Trinajstić information content (AvgIpc) is 2.51. The molecule has 0 N–H and O–H groups in total. The molecule has 0 unspecified atom stereocenters. The first-order valence-corrected chi connectivity index (χ1v) is 6.65. The first kappa shape index (κ1) is 15.0. The Balaban J connectivity index is 2.13. The highest BCUT2D eigenvalue weighted by Crippen LogP contribution is 2.27. The molecule has 0 fully saturated rings. The van der Waals surface area contributed by atoms with E-state index in [1.807, 2.05) is 30.3 Å². The maximum absolute atomic E-state index is 11.3. The summed E-state index contributed by atoms with van der Waals surface area (Å²) in [5, 5.41) is -0.600. The Labute approximate surface area is 128 Å². The van der Waals surface area contributed by atoms with Gasteiger partial charge in [-0.1, -0.05) is 36.3 Å². The summed E-state index contributed by atoms with van der Waals surface area (Å²) in [5.41, 5.74) is 1.31. The molecule has 0 bridgehead atoms. The fraction of sp³-hybridized carbons (Fsp3) is 0.118. The Morgan fingerprint density at radius 2 is 1.90 bits per heavy atom. The molecule has 21 heavy (non-hydrogen) atoms. The van der Waals surface area contributed by atoms with Crippen LogP contribution in [0, 0.1) is 12.3 Å².